The first-order chi connectivity index (χ1) is 10.0. The molecule has 4 nitrogen and oxygen atoms in total. The van der Waals surface area contributed by atoms with E-state index in [0.29, 0.717) is 11.3 Å². The Morgan fingerprint density at radius 1 is 1.29 bits per heavy atom. The molecular formula is C17H22N2O2. The summed E-state index contributed by atoms with van der Waals surface area (Å²) in [6, 6.07) is 7.72. The molecule has 2 rings (SSSR count). The molecule has 0 spiro atoms. The summed E-state index contributed by atoms with van der Waals surface area (Å²) in [5.74, 6) is 1.48. The van der Waals surface area contributed by atoms with Gasteiger partial charge in [0.25, 0.3) is 5.56 Å². The third-order valence-electron chi connectivity index (χ3n) is 3.19. The van der Waals surface area contributed by atoms with Crippen molar-refractivity contribution in [2.24, 2.45) is 0 Å². The number of ether oxygens (including phenoxy) is 1. The van der Waals surface area contributed by atoms with E-state index in [1.54, 1.807) is 6.92 Å². The highest BCUT2D eigenvalue weighted by atomic mass is 16.5. The third-order valence-corrected chi connectivity index (χ3v) is 3.19. The highest BCUT2D eigenvalue weighted by molar-refractivity contribution is 5.69. The van der Waals surface area contributed by atoms with Crippen LogP contribution in [0, 0.1) is 6.92 Å². The van der Waals surface area contributed by atoms with Crippen molar-refractivity contribution in [3.8, 4) is 17.0 Å². The van der Waals surface area contributed by atoms with Crippen molar-refractivity contribution in [1.82, 2.24) is 9.97 Å². The van der Waals surface area contributed by atoms with Crippen LogP contribution in [0.4, 0.5) is 0 Å². The molecule has 1 N–H and O–H groups in total. The lowest BCUT2D eigenvalue weighted by molar-refractivity contribution is 0.243. The van der Waals surface area contributed by atoms with E-state index < -0.39 is 0 Å². The van der Waals surface area contributed by atoms with Crippen LogP contribution < -0.4 is 10.3 Å². The molecule has 4 heteroatoms. The van der Waals surface area contributed by atoms with Crippen LogP contribution in [0.15, 0.2) is 29.1 Å². The molecule has 21 heavy (non-hydrogen) atoms. The third kappa shape index (κ3) is 3.51. The Labute approximate surface area is 125 Å². The number of benzene rings is 1. The predicted octanol–water partition coefficient (Wildman–Crippen LogP) is 3.49. The second-order valence-corrected chi connectivity index (χ2v) is 5.40. The first-order valence-electron chi connectivity index (χ1n) is 7.38. The number of hydrogen-bond donors (Lipinski definition) is 1. The SMILES string of the molecule is CCCc1nc(-c2ccccc2OC(C)C)c(C)c(=O)[nH]1. The lowest BCUT2D eigenvalue weighted by Gasteiger charge is -2.15. The summed E-state index contributed by atoms with van der Waals surface area (Å²) >= 11 is 0. The predicted molar refractivity (Wildman–Crippen MR) is 84.8 cm³/mol. The van der Waals surface area contributed by atoms with Crippen LogP contribution in [0.25, 0.3) is 11.3 Å². The van der Waals surface area contributed by atoms with Gasteiger partial charge in [-0.2, -0.15) is 0 Å². The van der Waals surface area contributed by atoms with Gasteiger partial charge >= 0.3 is 0 Å². The fourth-order valence-electron chi connectivity index (χ4n) is 2.22. The van der Waals surface area contributed by atoms with E-state index in [1.165, 1.54) is 0 Å². The number of para-hydroxylation sites is 1. The number of aromatic nitrogens is 2. The second-order valence-electron chi connectivity index (χ2n) is 5.40. The average molecular weight is 286 g/mol. The summed E-state index contributed by atoms with van der Waals surface area (Å²) in [6.45, 7) is 7.83. The minimum atomic E-state index is -0.0807. The van der Waals surface area contributed by atoms with Crippen molar-refractivity contribution in [2.75, 3.05) is 0 Å². The molecule has 0 saturated heterocycles. The van der Waals surface area contributed by atoms with E-state index in [2.05, 4.69) is 16.9 Å². The first-order valence-corrected chi connectivity index (χ1v) is 7.38. The summed E-state index contributed by atoms with van der Waals surface area (Å²) in [7, 11) is 0. The molecular weight excluding hydrogens is 264 g/mol. The van der Waals surface area contributed by atoms with Gasteiger partial charge in [0.1, 0.15) is 11.6 Å². The molecule has 1 aromatic heterocycles. The van der Waals surface area contributed by atoms with Gasteiger partial charge in [0.2, 0.25) is 0 Å². The van der Waals surface area contributed by atoms with Crippen molar-refractivity contribution in [1.29, 1.82) is 0 Å². The molecule has 0 bridgehead atoms. The number of nitrogens with one attached hydrogen (secondary N) is 1. The van der Waals surface area contributed by atoms with Gasteiger partial charge in [-0.3, -0.25) is 4.79 Å². The minimum absolute atomic E-state index is 0.0727. The molecule has 0 aliphatic heterocycles. The smallest absolute Gasteiger partial charge is 0.254 e. The molecule has 1 heterocycles. The Bertz CT molecular complexity index is 675. The van der Waals surface area contributed by atoms with Crippen molar-refractivity contribution >= 4 is 0 Å². The lowest BCUT2D eigenvalue weighted by Crippen LogP contribution is -2.16. The van der Waals surface area contributed by atoms with Crippen LogP contribution >= 0.6 is 0 Å². The first kappa shape index (κ1) is 15.3. The lowest BCUT2D eigenvalue weighted by atomic mass is 10.1. The van der Waals surface area contributed by atoms with Gasteiger partial charge in [-0.1, -0.05) is 19.1 Å². The highest BCUT2D eigenvalue weighted by Crippen LogP contribution is 2.30. The largest absolute Gasteiger partial charge is 0.490 e. The summed E-state index contributed by atoms with van der Waals surface area (Å²) in [5.41, 5.74) is 2.11. The zero-order chi connectivity index (χ0) is 15.4. The molecule has 0 unspecified atom stereocenters. The Hall–Kier alpha value is -2.10. The number of aromatic amines is 1. The van der Waals surface area contributed by atoms with Gasteiger partial charge in [0.15, 0.2) is 0 Å². The molecule has 0 radical (unpaired) electrons. The molecule has 112 valence electrons. The standard InChI is InChI=1S/C17H22N2O2/c1-5-8-15-18-16(12(4)17(20)19-15)13-9-6-7-10-14(13)21-11(2)3/h6-7,9-11H,5,8H2,1-4H3,(H,18,19,20). The summed E-state index contributed by atoms with van der Waals surface area (Å²) in [4.78, 5) is 19.6. The topological polar surface area (TPSA) is 55.0 Å². The minimum Gasteiger partial charge on any atom is -0.490 e. The van der Waals surface area contributed by atoms with E-state index in [1.807, 2.05) is 38.1 Å². The average Bonchev–Trinajstić information content (AvgIpc) is 2.43. The van der Waals surface area contributed by atoms with E-state index in [4.69, 9.17) is 4.74 Å². The van der Waals surface area contributed by atoms with Gasteiger partial charge in [0, 0.05) is 17.5 Å². The van der Waals surface area contributed by atoms with Crippen molar-refractivity contribution in [3.63, 3.8) is 0 Å². The van der Waals surface area contributed by atoms with Crippen molar-refractivity contribution < 1.29 is 4.74 Å². The number of nitrogens with zero attached hydrogens (tertiary/aromatic N) is 1. The quantitative estimate of drug-likeness (QED) is 0.915. The van der Waals surface area contributed by atoms with Crippen LogP contribution in [0.5, 0.6) is 5.75 Å². The Balaban J connectivity index is 2.58. The van der Waals surface area contributed by atoms with Crippen molar-refractivity contribution in [2.45, 2.75) is 46.6 Å². The molecule has 2 aromatic rings. The van der Waals surface area contributed by atoms with Gasteiger partial charge in [-0.25, -0.2) is 4.98 Å². The van der Waals surface area contributed by atoms with Crippen LogP contribution in [0.3, 0.4) is 0 Å². The van der Waals surface area contributed by atoms with Gasteiger partial charge in [0.05, 0.1) is 11.8 Å². The van der Waals surface area contributed by atoms with Gasteiger partial charge < -0.3 is 9.72 Å². The molecule has 0 aliphatic carbocycles. The van der Waals surface area contributed by atoms with Gasteiger partial charge in [-0.05, 0) is 39.3 Å². The number of rotatable bonds is 5. The van der Waals surface area contributed by atoms with E-state index in [9.17, 15) is 4.79 Å². The Morgan fingerprint density at radius 2 is 2.00 bits per heavy atom. The van der Waals surface area contributed by atoms with Crippen LogP contribution in [0.1, 0.15) is 38.6 Å². The molecule has 0 fully saturated rings. The molecule has 1 aromatic carbocycles. The number of aryl methyl sites for hydroxylation is 1. The fourth-order valence-corrected chi connectivity index (χ4v) is 2.22. The summed E-state index contributed by atoms with van der Waals surface area (Å²) < 4.78 is 5.84. The van der Waals surface area contributed by atoms with E-state index in [-0.39, 0.29) is 11.7 Å². The Morgan fingerprint density at radius 3 is 2.67 bits per heavy atom. The maximum atomic E-state index is 12.1. The normalized spacial score (nSPS) is 10.9. The molecule has 0 saturated carbocycles. The molecule has 0 atom stereocenters. The van der Waals surface area contributed by atoms with Crippen LogP contribution in [0.2, 0.25) is 0 Å². The summed E-state index contributed by atoms with van der Waals surface area (Å²) in [6.07, 6.45) is 1.77. The second kappa shape index (κ2) is 6.57. The zero-order valence-corrected chi connectivity index (χ0v) is 13.1. The van der Waals surface area contributed by atoms with Crippen molar-refractivity contribution in [3.05, 3.63) is 46.0 Å². The maximum Gasteiger partial charge on any atom is 0.254 e. The Kier molecular flexibility index (Phi) is 4.78. The highest BCUT2D eigenvalue weighted by Gasteiger charge is 2.14. The number of hydrogen-bond acceptors (Lipinski definition) is 3. The molecule has 0 aliphatic rings. The fraction of sp³-hybridized carbons (Fsp3) is 0.412. The van der Waals surface area contributed by atoms with E-state index >= 15 is 0 Å². The molecule has 0 amide bonds. The summed E-state index contributed by atoms with van der Waals surface area (Å²) in [5, 5.41) is 0. The zero-order valence-electron chi connectivity index (χ0n) is 13.1. The van der Waals surface area contributed by atoms with E-state index in [0.717, 1.165) is 30.0 Å². The monoisotopic (exact) mass is 286 g/mol. The van der Waals surface area contributed by atoms with Crippen LogP contribution in [-0.2, 0) is 6.42 Å². The number of H-pyrrole nitrogens is 1. The maximum absolute atomic E-state index is 12.1. The van der Waals surface area contributed by atoms with Crippen LogP contribution in [-0.4, -0.2) is 16.1 Å². The van der Waals surface area contributed by atoms with Gasteiger partial charge in [-0.15, -0.1) is 0 Å².